The molecule has 1 amide bonds. The van der Waals surface area contributed by atoms with Crippen LogP contribution >= 0.6 is 0 Å². The molecule has 2 aromatic carbocycles. The molecule has 0 heterocycles. The molecule has 0 aliphatic heterocycles. The van der Waals surface area contributed by atoms with Crippen LogP contribution in [-0.2, 0) is 9.53 Å². The van der Waals surface area contributed by atoms with E-state index in [0.717, 1.165) is 22.4 Å². The number of amides is 1. The zero-order valence-corrected chi connectivity index (χ0v) is 13.8. The maximum atomic E-state index is 12.2. The van der Waals surface area contributed by atoms with Gasteiger partial charge in [0, 0.05) is 5.69 Å². The van der Waals surface area contributed by atoms with E-state index in [2.05, 4.69) is 5.32 Å². The van der Waals surface area contributed by atoms with Gasteiger partial charge in [0.1, 0.15) is 0 Å². The molecule has 1 N–H and O–H groups in total. The van der Waals surface area contributed by atoms with Crippen LogP contribution in [0.4, 0.5) is 5.69 Å². The molecular formula is C19H21NO3. The van der Waals surface area contributed by atoms with E-state index in [0.29, 0.717) is 5.56 Å². The van der Waals surface area contributed by atoms with E-state index in [9.17, 15) is 9.59 Å². The normalized spacial score (nSPS) is 11.7. The highest BCUT2D eigenvalue weighted by atomic mass is 16.5. The Hall–Kier alpha value is -2.62. The Morgan fingerprint density at radius 2 is 1.57 bits per heavy atom. The molecule has 0 aromatic heterocycles. The second-order valence-electron chi connectivity index (χ2n) is 5.72. The SMILES string of the molecule is Cc1ccc(C(=O)OC(C)C(=O)Nc2ccc(C)cc2C)cc1. The van der Waals surface area contributed by atoms with Crippen LogP contribution in [-0.4, -0.2) is 18.0 Å². The average molecular weight is 311 g/mol. The van der Waals surface area contributed by atoms with Crippen LogP contribution in [0.2, 0.25) is 0 Å². The molecule has 0 saturated carbocycles. The van der Waals surface area contributed by atoms with Crippen LogP contribution < -0.4 is 5.32 Å². The van der Waals surface area contributed by atoms with Crippen molar-refractivity contribution in [2.24, 2.45) is 0 Å². The van der Waals surface area contributed by atoms with E-state index in [1.165, 1.54) is 0 Å². The van der Waals surface area contributed by atoms with Crippen LogP contribution in [0.15, 0.2) is 42.5 Å². The molecule has 4 nitrogen and oxygen atoms in total. The molecule has 0 saturated heterocycles. The Bertz CT molecular complexity index is 720. The first kappa shape index (κ1) is 16.7. The topological polar surface area (TPSA) is 55.4 Å². The van der Waals surface area contributed by atoms with Crippen molar-refractivity contribution in [1.82, 2.24) is 0 Å². The Morgan fingerprint density at radius 1 is 0.957 bits per heavy atom. The van der Waals surface area contributed by atoms with Crippen molar-refractivity contribution in [2.45, 2.75) is 33.8 Å². The first-order valence-corrected chi connectivity index (χ1v) is 7.52. The van der Waals surface area contributed by atoms with Gasteiger partial charge in [-0.2, -0.15) is 0 Å². The predicted molar refractivity (Wildman–Crippen MR) is 90.6 cm³/mol. The zero-order valence-electron chi connectivity index (χ0n) is 13.8. The molecule has 0 radical (unpaired) electrons. The number of rotatable bonds is 4. The van der Waals surface area contributed by atoms with Gasteiger partial charge in [-0.25, -0.2) is 4.79 Å². The number of anilines is 1. The van der Waals surface area contributed by atoms with Crippen LogP contribution in [0.3, 0.4) is 0 Å². The lowest BCUT2D eigenvalue weighted by molar-refractivity contribution is -0.123. The van der Waals surface area contributed by atoms with Crippen molar-refractivity contribution in [3.05, 3.63) is 64.7 Å². The molecule has 4 heteroatoms. The summed E-state index contributed by atoms with van der Waals surface area (Å²) in [7, 11) is 0. The third-order valence-corrected chi connectivity index (χ3v) is 3.58. The third-order valence-electron chi connectivity index (χ3n) is 3.58. The van der Waals surface area contributed by atoms with Crippen LogP contribution in [0.25, 0.3) is 0 Å². The number of esters is 1. The lowest BCUT2D eigenvalue weighted by Crippen LogP contribution is -2.30. The summed E-state index contributed by atoms with van der Waals surface area (Å²) >= 11 is 0. The van der Waals surface area contributed by atoms with Gasteiger partial charge in [0.05, 0.1) is 5.56 Å². The Labute approximate surface area is 136 Å². The maximum absolute atomic E-state index is 12.2. The van der Waals surface area contributed by atoms with Gasteiger partial charge in [-0.15, -0.1) is 0 Å². The van der Waals surface area contributed by atoms with Gasteiger partial charge in [0.25, 0.3) is 5.91 Å². The third kappa shape index (κ3) is 4.42. The molecule has 0 spiro atoms. The van der Waals surface area contributed by atoms with Gasteiger partial charge in [0.2, 0.25) is 0 Å². The number of hydrogen-bond acceptors (Lipinski definition) is 3. The summed E-state index contributed by atoms with van der Waals surface area (Å²) in [4.78, 5) is 24.2. The molecule has 1 atom stereocenters. The average Bonchev–Trinajstić information content (AvgIpc) is 2.50. The summed E-state index contributed by atoms with van der Waals surface area (Å²) in [5.74, 6) is -0.856. The molecule has 23 heavy (non-hydrogen) atoms. The van der Waals surface area contributed by atoms with Gasteiger partial charge in [-0.1, -0.05) is 35.4 Å². The second kappa shape index (κ2) is 7.09. The minimum absolute atomic E-state index is 0.350. The fourth-order valence-corrected chi connectivity index (χ4v) is 2.16. The predicted octanol–water partition coefficient (Wildman–Crippen LogP) is 3.80. The molecule has 2 aromatic rings. The molecule has 120 valence electrons. The van der Waals surface area contributed by atoms with Crippen molar-refractivity contribution in [1.29, 1.82) is 0 Å². The molecule has 0 aliphatic carbocycles. The smallest absolute Gasteiger partial charge is 0.338 e. The van der Waals surface area contributed by atoms with E-state index in [1.54, 1.807) is 19.1 Å². The van der Waals surface area contributed by atoms with Gasteiger partial charge < -0.3 is 10.1 Å². The first-order valence-electron chi connectivity index (χ1n) is 7.52. The van der Waals surface area contributed by atoms with E-state index < -0.39 is 12.1 Å². The van der Waals surface area contributed by atoms with Gasteiger partial charge in [-0.3, -0.25) is 4.79 Å². The highest BCUT2D eigenvalue weighted by molar-refractivity contribution is 5.97. The molecular weight excluding hydrogens is 290 g/mol. The van der Waals surface area contributed by atoms with Crippen molar-refractivity contribution >= 4 is 17.6 Å². The number of carbonyl (C=O) groups is 2. The lowest BCUT2D eigenvalue weighted by Gasteiger charge is -2.15. The number of benzene rings is 2. The van der Waals surface area contributed by atoms with Crippen LogP contribution in [0.1, 0.15) is 34.0 Å². The van der Waals surface area contributed by atoms with Crippen molar-refractivity contribution in [3.8, 4) is 0 Å². The highest BCUT2D eigenvalue weighted by Crippen LogP contribution is 2.16. The summed E-state index contributed by atoms with van der Waals surface area (Å²) < 4.78 is 5.22. The summed E-state index contributed by atoms with van der Waals surface area (Å²) in [5, 5.41) is 2.79. The highest BCUT2D eigenvalue weighted by Gasteiger charge is 2.19. The summed E-state index contributed by atoms with van der Waals surface area (Å²) in [6, 6.07) is 12.8. The Balaban J connectivity index is 1.99. The number of ether oxygens (including phenoxy) is 1. The summed E-state index contributed by atoms with van der Waals surface area (Å²) in [6.45, 7) is 7.41. The minimum Gasteiger partial charge on any atom is -0.449 e. The number of hydrogen-bond donors (Lipinski definition) is 1. The Morgan fingerprint density at radius 3 is 2.17 bits per heavy atom. The molecule has 0 fully saturated rings. The van der Waals surface area contributed by atoms with Crippen LogP contribution in [0.5, 0.6) is 0 Å². The van der Waals surface area contributed by atoms with Crippen molar-refractivity contribution in [3.63, 3.8) is 0 Å². The molecule has 2 rings (SSSR count). The van der Waals surface area contributed by atoms with E-state index in [-0.39, 0.29) is 5.91 Å². The zero-order chi connectivity index (χ0) is 17.0. The number of nitrogens with one attached hydrogen (secondary N) is 1. The number of carbonyl (C=O) groups excluding carboxylic acids is 2. The van der Waals surface area contributed by atoms with Gasteiger partial charge in [-0.05, 0) is 51.5 Å². The maximum Gasteiger partial charge on any atom is 0.338 e. The molecule has 0 bridgehead atoms. The van der Waals surface area contributed by atoms with Crippen molar-refractivity contribution < 1.29 is 14.3 Å². The molecule has 1 unspecified atom stereocenters. The second-order valence-corrected chi connectivity index (χ2v) is 5.72. The molecule has 0 aliphatic rings. The van der Waals surface area contributed by atoms with Gasteiger partial charge in [0.15, 0.2) is 6.10 Å². The largest absolute Gasteiger partial charge is 0.449 e. The van der Waals surface area contributed by atoms with E-state index in [4.69, 9.17) is 4.74 Å². The number of aryl methyl sites for hydroxylation is 3. The lowest BCUT2D eigenvalue weighted by atomic mass is 10.1. The van der Waals surface area contributed by atoms with E-state index >= 15 is 0 Å². The fourth-order valence-electron chi connectivity index (χ4n) is 2.16. The van der Waals surface area contributed by atoms with Crippen molar-refractivity contribution in [2.75, 3.05) is 5.32 Å². The quantitative estimate of drug-likeness (QED) is 0.874. The summed E-state index contributed by atoms with van der Waals surface area (Å²) in [5.41, 5.74) is 4.30. The standard InChI is InChI=1S/C19H21NO3/c1-12-5-8-16(9-6-12)19(22)23-15(4)18(21)20-17-10-7-13(2)11-14(17)3/h5-11,15H,1-4H3,(H,20,21). The monoisotopic (exact) mass is 311 g/mol. The minimum atomic E-state index is -0.871. The Kier molecular flexibility index (Phi) is 5.16. The van der Waals surface area contributed by atoms with E-state index in [1.807, 2.05) is 51.1 Å². The fraction of sp³-hybridized carbons (Fsp3) is 0.263. The van der Waals surface area contributed by atoms with Crippen LogP contribution in [0, 0.1) is 20.8 Å². The van der Waals surface area contributed by atoms with Gasteiger partial charge >= 0.3 is 5.97 Å². The first-order chi connectivity index (χ1) is 10.9. The summed E-state index contributed by atoms with van der Waals surface area (Å²) in [6.07, 6.45) is -0.871.